The van der Waals surface area contributed by atoms with Crippen LogP contribution in [0.4, 0.5) is 0 Å². The van der Waals surface area contributed by atoms with Crippen molar-refractivity contribution in [3.05, 3.63) is 182 Å². The molecule has 0 unspecified atom stereocenters. The molecule has 5 nitrogen and oxygen atoms in total. The Hall–Kier alpha value is -7.50. The zero-order valence-electron chi connectivity index (χ0n) is 29.5. The maximum atomic E-state index is 6.69. The molecular formula is C50H30N4O. The van der Waals surface area contributed by atoms with Crippen molar-refractivity contribution in [3.63, 3.8) is 0 Å². The first-order valence-corrected chi connectivity index (χ1v) is 18.6. The summed E-state index contributed by atoms with van der Waals surface area (Å²) in [5.74, 6) is 0.633. The van der Waals surface area contributed by atoms with Gasteiger partial charge in [0.15, 0.2) is 0 Å². The van der Waals surface area contributed by atoms with Gasteiger partial charge in [-0.3, -0.25) is 4.57 Å². The molecule has 0 aliphatic rings. The van der Waals surface area contributed by atoms with E-state index in [1.54, 1.807) is 0 Å². The lowest BCUT2D eigenvalue weighted by molar-refractivity contribution is 0.673. The molecule has 0 saturated carbocycles. The van der Waals surface area contributed by atoms with Gasteiger partial charge in [0.05, 0.1) is 38.7 Å². The van der Waals surface area contributed by atoms with Crippen molar-refractivity contribution >= 4 is 76.5 Å². The number of benzene rings is 8. The summed E-state index contributed by atoms with van der Waals surface area (Å²) < 4.78 is 11.3. The van der Waals surface area contributed by atoms with Crippen molar-refractivity contribution in [1.29, 1.82) is 0 Å². The van der Waals surface area contributed by atoms with E-state index in [2.05, 4.69) is 173 Å². The van der Waals surface area contributed by atoms with E-state index in [1.807, 2.05) is 18.2 Å². The van der Waals surface area contributed by atoms with Gasteiger partial charge in [-0.25, -0.2) is 9.97 Å². The zero-order chi connectivity index (χ0) is 36.0. The Morgan fingerprint density at radius 2 is 1.00 bits per heavy atom. The van der Waals surface area contributed by atoms with E-state index in [1.165, 1.54) is 11.1 Å². The largest absolute Gasteiger partial charge is 0.455 e. The van der Waals surface area contributed by atoms with Crippen LogP contribution in [0.15, 0.2) is 186 Å². The summed E-state index contributed by atoms with van der Waals surface area (Å²) in [6.07, 6.45) is 0. The van der Waals surface area contributed by atoms with Crippen LogP contribution in [0.1, 0.15) is 0 Å². The standard InChI is InChI=1S/C50H30N4O/c1-3-13-31(14-4-1)32-23-25-33(26-24-32)47-37-18-7-10-20-40(37)51-50(52-47)54-41-21-11-8-19-38(41)45-42(54)30-28-39-46-43(53(48(39)45)34-15-5-2-6-16-34)29-27-36-35-17-9-12-22-44(35)55-49(36)46/h1-30H. The molecule has 12 rings (SSSR count). The molecule has 256 valence electrons. The molecule has 4 aromatic heterocycles. The van der Waals surface area contributed by atoms with Gasteiger partial charge >= 0.3 is 0 Å². The van der Waals surface area contributed by atoms with Gasteiger partial charge in [-0.2, -0.15) is 0 Å². The van der Waals surface area contributed by atoms with E-state index < -0.39 is 0 Å². The number of para-hydroxylation sites is 4. The Kier molecular flexibility index (Phi) is 6.27. The fraction of sp³-hybridized carbons (Fsp3) is 0. The van der Waals surface area contributed by atoms with Crippen LogP contribution in [0.2, 0.25) is 0 Å². The summed E-state index contributed by atoms with van der Waals surface area (Å²) in [6.45, 7) is 0. The number of hydrogen-bond donors (Lipinski definition) is 0. The van der Waals surface area contributed by atoms with Gasteiger partial charge in [0.25, 0.3) is 0 Å². The Labute approximate surface area is 315 Å². The molecule has 0 spiro atoms. The van der Waals surface area contributed by atoms with Gasteiger partial charge < -0.3 is 8.98 Å². The molecule has 0 atom stereocenters. The number of nitrogens with zero attached hydrogens (tertiary/aromatic N) is 4. The summed E-state index contributed by atoms with van der Waals surface area (Å²) in [6, 6.07) is 64.0. The third-order valence-electron chi connectivity index (χ3n) is 11.1. The molecule has 0 amide bonds. The number of fused-ring (bicyclic) bond motifs is 12. The van der Waals surface area contributed by atoms with E-state index in [4.69, 9.17) is 14.4 Å². The van der Waals surface area contributed by atoms with E-state index >= 15 is 0 Å². The van der Waals surface area contributed by atoms with Gasteiger partial charge in [-0.05, 0) is 65.7 Å². The smallest absolute Gasteiger partial charge is 0.235 e. The molecule has 8 aromatic carbocycles. The molecular weight excluding hydrogens is 673 g/mol. The van der Waals surface area contributed by atoms with Gasteiger partial charge in [-0.1, -0.05) is 127 Å². The van der Waals surface area contributed by atoms with Crippen LogP contribution in [0.3, 0.4) is 0 Å². The molecule has 4 heterocycles. The van der Waals surface area contributed by atoms with Crippen molar-refractivity contribution in [2.24, 2.45) is 0 Å². The molecule has 55 heavy (non-hydrogen) atoms. The molecule has 0 aliphatic heterocycles. The topological polar surface area (TPSA) is 48.8 Å². The second-order valence-electron chi connectivity index (χ2n) is 14.1. The highest BCUT2D eigenvalue weighted by atomic mass is 16.3. The maximum Gasteiger partial charge on any atom is 0.235 e. The van der Waals surface area contributed by atoms with Crippen LogP contribution < -0.4 is 0 Å². The first-order valence-electron chi connectivity index (χ1n) is 18.6. The minimum atomic E-state index is 0.633. The summed E-state index contributed by atoms with van der Waals surface area (Å²) in [5, 5.41) is 7.77. The molecule has 12 aromatic rings. The summed E-state index contributed by atoms with van der Waals surface area (Å²) >= 11 is 0. The third kappa shape index (κ3) is 4.35. The monoisotopic (exact) mass is 702 g/mol. The molecule has 0 bridgehead atoms. The zero-order valence-corrected chi connectivity index (χ0v) is 29.5. The summed E-state index contributed by atoms with van der Waals surface area (Å²) in [5.41, 5.74) is 12.4. The Balaban J connectivity index is 1.18. The summed E-state index contributed by atoms with van der Waals surface area (Å²) in [4.78, 5) is 10.7. The number of aromatic nitrogens is 4. The van der Waals surface area contributed by atoms with Crippen molar-refractivity contribution in [2.75, 3.05) is 0 Å². The normalized spacial score (nSPS) is 12.0. The van der Waals surface area contributed by atoms with Crippen molar-refractivity contribution in [3.8, 4) is 34.0 Å². The molecule has 0 aliphatic carbocycles. The fourth-order valence-corrected chi connectivity index (χ4v) is 8.72. The van der Waals surface area contributed by atoms with E-state index in [0.29, 0.717) is 5.95 Å². The van der Waals surface area contributed by atoms with Crippen LogP contribution in [0.5, 0.6) is 0 Å². The lowest BCUT2D eigenvalue weighted by atomic mass is 10.0. The lowest BCUT2D eigenvalue weighted by Crippen LogP contribution is -2.03. The average molecular weight is 703 g/mol. The Morgan fingerprint density at radius 3 is 1.82 bits per heavy atom. The lowest BCUT2D eigenvalue weighted by Gasteiger charge is -2.12. The predicted octanol–water partition coefficient (Wildman–Crippen LogP) is 13.1. The highest BCUT2D eigenvalue weighted by Crippen LogP contribution is 2.45. The highest BCUT2D eigenvalue weighted by Gasteiger charge is 2.24. The molecule has 0 fully saturated rings. The van der Waals surface area contributed by atoms with Crippen molar-refractivity contribution in [2.45, 2.75) is 0 Å². The van der Waals surface area contributed by atoms with E-state index in [9.17, 15) is 0 Å². The first-order chi connectivity index (χ1) is 27.3. The Morgan fingerprint density at radius 1 is 0.382 bits per heavy atom. The minimum absolute atomic E-state index is 0.633. The van der Waals surface area contributed by atoms with Crippen LogP contribution >= 0.6 is 0 Å². The van der Waals surface area contributed by atoms with Gasteiger partial charge in [0.1, 0.15) is 11.2 Å². The van der Waals surface area contributed by atoms with Crippen molar-refractivity contribution in [1.82, 2.24) is 19.1 Å². The van der Waals surface area contributed by atoms with Crippen LogP contribution in [-0.2, 0) is 0 Å². The second-order valence-corrected chi connectivity index (χ2v) is 14.1. The van der Waals surface area contributed by atoms with Gasteiger partial charge in [0.2, 0.25) is 5.95 Å². The van der Waals surface area contributed by atoms with Crippen LogP contribution in [0, 0.1) is 0 Å². The van der Waals surface area contributed by atoms with Crippen LogP contribution in [0.25, 0.3) is 110 Å². The van der Waals surface area contributed by atoms with Gasteiger partial charge in [-0.15, -0.1) is 0 Å². The number of hydrogen-bond acceptors (Lipinski definition) is 3. The Bertz CT molecular complexity index is 3470. The maximum absolute atomic E-state index is 6.69. The molecule has 0 saturated heterocycles. The quantitative estimate of drug-likeness (QED) is 0.183. The molecule has 5 heteroatoms. The first kappa shape index (κ1) is 30.0. The molecule has 0 radical (unpaired) electrons. The van der Waals surface area contributed by atoms with E-state index in [0.717, 1.165) is 93.4 Å². The number of furan rings is 1. The summed E-state index contributed by atoms with van der Waals surface area (Å²) in [7, 11) is 0. The predicted molar refractivity (Wildman–Crippen MR) is 226 cm³/mol. The van der Waals surface area contributed by atoms with Crippen LogP contribution in [-0.4, -0.2) is 19.1 Å². The highest BCUT2D eigenvalue weighted by molar-refractivity contribution is 6.31. The fourth-order valence-electron chi connectivity index (χ4n) is 8.72. The minimum Gasteiger partial charge on any atom is -0.455 e. The SMILES string of the molecule is c1ccc(-c2ccc(-c3nc(-n4c5ccccc5c5c4ccc4c6c7oc8ccccc8c7ccc6n(-c6ccccc6)c45)nc4ccccc34)cc2)cc1. The third-order valence-corrected chi connectivity index (χ3v) is 11.1. The van der Waals surface area contributed by atoms with Gasteiger partial charge in [0, 0.05) is 43.6 Å². The van der Waals surface area contributed by atoms with Crippen molar-refractivity contribution < 1.29 is 4.42 Å². The second kappa shape index (κ2) is 11.5. The number of rotatable bonds is 4. The average Bonchev–Trinajstić information content (AvgIpc) is 3.91. The molecule has 0 N–H and O–H groups in total. The van der Waals surface area contributed by atoms with E-state index in [-0.39, 0.29) is 0 Å².